The van der Waals surface area contributed by atoms with E-state index in [0.717, 1.165) is 11.6 Å². The molecule has 0 aliphatic heterocycles. The molecule has 2 N–H and O–H groups in total. The van der Waals surface area contributed by atoms with Crippen molar-refractivity contribution in [1.82, 2.24) is 15.0 Å². The molecule has 2 aromatic carbocycles. The normalized spacial score (nSPS) is 14.2. The number of rotatable bonds is 5. The van der Waals surface area contributed by atoms with Crippen molar-refractivity contribution in [2.75, 3.05) is 4.72 Å². The largest absolute Gasteiger partial charge is 0.339 e. The number of H-pyrrole nitrogens is 1. The molecule has 0 radical (unpaired) electrons. The summed E-state index contributed by atoms with van der Waals surface area (Å²) in [6.07, 6.45) is 2.57. The van der Waals surface area contributed by atoms with Crippen LogP contribution in [0.4, 0.5) is 14.5 Å². The maximum absolute atomic E-state index is 14.9. The lowest BCUT2D eigenvalue weighted by Crippen LogP contribution is -2.17. The molecule has 1 saturated carbocycles. The molecule has 0 bridgehead atoms. The third-order valence-corrected chi connectivity index (χ3v) is 6.90. The molecular weight excluding hydrogens is 410 g/mol. The zero-order valence-electron chi connectivity index (χ0n) is 15.6. The van der Waals surface area contributed by atoms with E-state index in [-0.39, 0.29) is 17.1 Å². The smallest absolute Gasteiger partial charge is 0.235 e. The maximum atomic E-state index is 14.9. The lowest BCUT2D eigenvalue weighted by atomic mass is 10.1. The highest BCUT2D eigenvalue weighted by atomic mass is 32.2. The second-order valence-electron chi connectivity index (χ2n) is 7.22. The third-order valence-electron chi connectivity index (χ3n) is 5.03. The fraction of sp³-hybridized carbons (Fsp3) is 0.143. The zero-order valence-corrected chi connectivity index (χ0v) is 16.4. The van der Waals surface area contributed by atoms with Gasteiger partial charge in [-0.05, 0) is 66.9 Å². The summed E-state index contributed by atoms with van der Waals surface area (Å²) in [6, 6.07) is 11.9. The average Bonchev–Trinajstić information content (AvgIpc) is 3.48. The van der Waals surface area contributed by atoms with Gasteiger partial charge in [-0.2, -0.15) is 0 Å². The topological polar surface area (TPSA) is 87.7 Å². The van der Waals surface area contributed by atoms with Crippen molar-refractivity contribution in [3.63, 3.8) is 0 Å². The summed E-state index contributed by atoms with van der Waals surface area (Å²) in [5, 5.41) is 0.202. The molecule has 5 rings (SSSR count). The van der Waals surface area contributed by atoms with Crippen LogP contribution in [0, 0.1) is 11.6 Å². The van der Waals surface area contributed by atoms with Crippen molar-refractivity contribution < 1.29 is 17.2 Å². The molecule has 9 heteroatoms. The number of hydrogen-bond acceptors (Lipinski definition) is 4. The van der Waals surface area contributed by atoms with Gasteiger partial charge >= 0.3 is 0 Å². The summed E-state index contributed by atoms with van der Waals surface area (Å²) in [5.41, 5.74) is 2.73. The Morgan fingerprint density at radius 2 is 1.77 bits per heavy atom. The number of anilines is 1. The molecule has 4 aromatic rings. The summed E-state index contributed by atoms with van der Waals surface area (Å²) >= 11 is 0. The number of benzene rings is 2. The van der Waals surface area contributed by atoms with Gasteiger partial charge in [0.1, 0.15) is 23.6 Å². The first-order valence-electron chi connectivity index (χ1n) is 9.32. The highest BCUT2D eigenvalue weighted by Crippen LogP contribution is 2.33. The van der Waals surface area contributed by atoms with Crippen molar-refractivity contribution >= 4 is 26.7 Å². The fourth-order valence-electron chi connectivity index (χ4n) is 3.34. The second-order valence-corrected chi connectivity index (χ2v) is 9.18. The van der Waals surface area contributed by atoms with Gasteiger partial charge in [-0.3, -0.25) is 4.72 Å². The molecule has 152 valence electrons. The fourth-order valence-corrected chi connectivity index (χ4v) is 4.71. The Hall–Kier alpha value is -3.33. The van der Waals surface area contributed by atoms with Crippen molar-refractivity contribution in [2.24, 2.45) is 0 Å². The number of halogens is 2. The van der Waals surface area contributed by atoms with Gasteiger partial charge in [0.05, 0.1) is 16.6 Å². The second kappa shape index (κ2) is 6.88. The lowest BCUT2D eigenvalue weighted by molar-refractivity contribution is 0.600. The average molecular weight is 426 g/mol. The van der Waals surface area contributed by atoms with Gasteiger partial charge in [0.25, 0.3) is 0 Å². The highest BCUT2D eigenvalue weighted by Gasteiger charge is 2.35. The summed E-state index contributed by atoms with van der Waals surface area (Å²) in [7, 11) is -3.47. The van der Waals surface area contributed by atoms with Crippen LogP contribution in [-0.2, 0) is 10.0 Å². The number of nitrogens with zero attached hydrogens (tertiary/aromatic N) is 2. The number of hydrogen-bond donors (Lipinski definition) is 2. The Bertz CT molecular complexity index is 1360. The van der Waals surface area contributed by atoms with Gasteiger partial charge in [0, 0.05) is 16.6 Å². The molecule has 0 unspecified atom stereocenters. The van der Waals surface area contributed by atoms with Crippen molar-refractivity contribution in [3.8, 4) is 22.5 Å². The summed E-state index contributed by atoms with van der Waals surface area (Å²) < 4.78 is 54.7. The van der Waals surface area contributed by atoms with Crippen LogP contribution >= 0.6 is 0 Å². The van der Waals surface area contributed by atoms with Gasteiger partial charge in [-0.25, -0.2) is 27.2 Å². The molecule has 2 heterocycles. The van der Waals surface area contributed by atoms with Gasteiger partial charge < -0.3 is 4.98 Å². The Morgan fingerprint density at radius 1 is 1.00 bits per heavy atom. The van der Waals surface area contributed by atoms with E-state index in [2.05, 4.69) is 19.7 Å². The Balaban J connectivity index is 1.53. The molecule has 1 aliphatic rings. The number of aromatic nitrogens is 3. The predicted octanol–water partition coefficient (Wildman–Crippen LogP) is 4.47. The predicted molar refractivity (Wildman–Crippen MR) is 110 cm³/mol. The molecule has 1 fully saturated rings. The van der Waals surface area contributed by atoms with Crippen molar-refractivity contribution in [2.45, 2.75) is 18.1 Å². The SMILES string of the molecule is O=S(=O)(Nc1ccc(-c2ncnc3[nH]c(-c4ccc(F)cc4)cc23)c(F)c1)C1CC1. The van der Waals surface area contributed by atoms with E-state index in [1.54, 1.807) is 18.2 Å². The lowest BCUT2D eigenvalue weighted by Gasteiger charge is -2.09. The summed E-state index contributed by atoms with van der Waals surface area (Å²) in [5.74, 6) is -0.939. The van der Waals surface area contributed by atoms with E-state index < -0.39 is 21.1 Å². The quantitative estimate of drug-likeness (QED) is 0.493. The highest BCUT2D eigenvalue weighted by molar-refractivity contribution is 7.93. The molecular formula is C21H16F2N4O2S. The van der Waals surface area contributed by atoms with Crippen LogP contribution in [0.5, 0.6) is 0 Å². The monoisotopic (exact) mass is 426 g/mol. The number of fused-ring (bicyclic) bond motifs is 1. The van der Waals surface area contributed by atoms with Gasteiger partial charge in [0.15, 0.2) is 0 Å². The van der Waals surface area contributed by atoms with Crippen LogP contribution in [-0.4, -0.2) is 28.6 Å². The van der Waals surface area contributed by atoms with Gasteiger partial charge in [-0.1, -0.05) is 0 Å². The van der Waals surface area contributed by atoms with E-state index in [0.29, 0.717) is 35.3 Å². The minimum absolute atomic E-state index is 0.175. The first kappa shape index (κ1) is 18.7. The number of nitrogens with one attached hydrogen (secondary N) is 2. The molecule has 0 spiro atoms. The molecule has 6 nitrogen and oxygen atoms in total. The Kier molecular flexibility index (Phi) is 4.28. The molecule has 30 heavy (non-hydrogen) atoms. The van der Waals surface area contributed by atoms with E-state index in [1.165, 1.54) is 30.6 Å². The van der Waals surface area contributed by atoms with Crippen molar-refractivity contribution in [1.29, 1.82) is 0 Å². The summed E-state index contributed by atoms with van der Waals surface area (Å²) in [6.45, 7) is 0. The van der Waals surface area contributed by atoms with Crippen LogP contribution in [0.25, 0.3) is 33.5 Å². The molecule has 2 aromatic heterocycles. The van der Waals surface area contributed by atoms with Crippen LogP contribution in [0.15, 0.2) is 54.9 Å². The molecule has 1 aliphatic carbocycles. The van der Waals surface area contributed by atoms with Crippen LogP contribution in [0.3, 0.4) is 0 Å². The van der Waals surface area contributed by atoms with Crippen LogP contribution in [0.1, 0.15) is 12.8 Å². The van der Waals surface area contributed by atoms with Crippen LogP contribution < -0.4 is 4.72 Å². The Labute approximate surface area is 171 Å². The maximum Gasteiger partial charge on any atom is 0.235 e. The first-order chi connectivity index (χ1) is 14.4. The van der Waals surface area contributed by atoms with E-state index in [1.807, 2.05) is 0 Å². The number of sulfonamides is 1. The molecule has 0 saturated heterocycles. The number of aromatic amines is 1. The van der Waals surface area contributed by atoms with E-state index in [9.17, 15) is 17.2 Å². The third kappa shape index (κ3) is 3.41. The molecule has 0 amide bonds. The van der Waals surface area contributed by atoms with Crippen molar-refractivity contribution in [3.05, 3.63) is 66.5 Å². The van der Waals surface area contributed by atoms with Crippen LogP contribution in [0.2, 0.25) is 0 Å². The standard InChI is InChI=1S/C21H16F2N4O2S/c22-13-3-1-12(2-4-13)19-10-17-20(24-11-25-21(17)26-19)16-8-5-14(9-18(16)23)27-30(28,29)15-6-7-15/h1-5,8-11,15,27H,6-7H2,(H,24,25,26). The van der Waals surface area contributed by atoms with E-state index in [4.69, 9.17) is 0 Å². The molecule has 0 atom stereocenters. The van der Waals surface area contributed by atoms with E-state index >= 15 is 0 Å². The Morgan fingerprint density at radius 3 is 2.47 bits per heavy atom. The summed E-state index contributed by atoms with van der Waals surface area (Å²) in [4.78, 5) is 11.6. The van der Waals surface area contributed by atoms with Gasteiger partial charge in [-0.15, -0.1) is 0 Å². The first-order valence-corrected chi connectivity index (χ1v) is 10.9. The zero-order chi connectivity index (χ0) is 20.9. The minimum atomic E-state index is -3.47. The minimum Gasteiger partial charge on any atom is -0.339 e. The van der Waals surface area contributed by atoms with Gasteiger partial charge in [0.2, 0.25) is 10.0 Å².